The third-order valence-corrected chi connectivity index (χ3v) is 5.67. The summed E-state index contributed by atoms with van der Waals surface area (Å²) in [6, 6.07) is 6.20. The molecule has 1 saturated carbocycles. The van der Waals surface area contributed by atoms with Gasteiger partial charge in [-0.2, -0.15) is 0 Å². The lowest BCUT2D eigenvalue weighted by Crippen LogP contribution is -2.48. The number of benzene rings is 1. The number of carbonyl (C=O) groups excluding carboxylic acids is 1. The maximum absolute atomic E-state index is 11.9. The van der Waals surface area contributed by atoms with Gasteiger partial charge in [-0.3, -0.25) is 9.79 Å². The molecule has 1 aromatic rings. The molecule has 9 heteroatoms. The van der Waals surface area contributed by atoms with Crippen molar-refractivity contribution in [3.05, 3.63) is 23.8 Å². The van der Waals surface area contributed by atoms with Gasteiger partial charge in [-0.15, -0.1) is 24.0 Å². The van der Waals surface area contributed by atoms with E-state index in [1.54, 1.807) is 28.4 Å². The average molecular weight is 548 g/mol. The molecule has 0 bridgehead atoms. The van der Waals surface area contributed by atoms with Crippen molar-refractivity contribution < 1.29 is 19.0 Å². The van der Waals surface area contributed by atoms with Gasteiger partial charge in [-0.05, 0) is 30.5 Å². The molecule has 0 unspecified atom stereocenters. The van der Waals surface area contributed by atoms with E-state index < -0.39 is 0 Å². The minimum absolute atomic E-state index is 0. The second kappa shape index (κ2) is 14.3. The first kappa shape index (κ1) is 27.3. The molecule has 0 aliphatic heterocycles. The molecule has 0 heterocycles. The molecule has 3 N–H and O–H groups in total. The smallest absolute Gasteiger partial charge is 0.239 e. The van der Waals surface area contributed by atoms with Crippen LogP contribution in [0, 0.1) is 0 Å². The zero-order chi connectivity index (χ0) is 21.8. The fourth-order valence-corrected chi connectivity index (χ4v) is 3.95. The van der Waals surface area contributed by atoms with Crippen LogP contribution in [-0.4, -0.2) is 66.5 Å². The van der Waals surface area contributed by atoms with Crippen LogP contribution in [0.15, 0.2) is 23.2 Å². The molecule has 2 rings (SSSR count). The molecule has 1 amide bonds. The van der Waals surface area contributed by atoms with Gasteiger partial charge in [0.15, 0.2) is 17.5 Å². The van der Waals surface area contributed by atoms with E-state index in [9.17, 15) is 4.79 Å². The second-order valence-electron chi connectivity index (χ2n) is 7.53. The summed E-state index contributed by atoms with van der Waals surface area (Å²) in [6.45, 7) is 1.87. The number of nitrogens with one attached hydrogen (secondary N) is 3. The maximum atomic E-state index is 11.9. The number of ether oxygens (including phenoxy) is 3. The van der Waals surface area contributed by atoms with Gasteiger partial charge in [0.25, 0.3) is 0 Å². The number of halogens is 1. The predicted octanol–water partition coefficient (Wildman–Crippen LogP) is 2.45. The number of hydrogen-bond donors (Lipinski definition) is 3. The van der Waals surface area contributed by atoms with Crippen molar-refractivity contribution in [2.24, 2.45) is 4.99 Å². The molecule has 8 nitrogen and oxygen atoms in total. The van der Waals surface area contributed by atoms with E-state index in [0.29, 0.717) is 19.1 Å². The number of amides is 1. The van der Waals surface area contributed by atoms with E-state index >= 15 is 0 Å². The van der Waals surface area contributed by atoms with Crippen molar-refractivity contribution in [3.63, 3.8) is 0 Å². The summed E-state index contributed by atoms with van der Waals surface area (Å²) in [6.07, 6.45) is 5.80. The van der Waals surface area contributed by atoms with Crippen molar-refractivity contribution in [3.8, 4) is 11.5 Å². The number of nitrogens with zero attached hydrogens (tertiary/aromatic N) is 1. The van der Waals surface area contributed by atoms with Gasteiger partial charge >= 0.3 is 0 Å². The highest BCUT2D eigenvalue weighted by molar-refractivity contribution is 14.0. The molecule has 1 fully saturated rings. The first-order valence-electron chi connectivity index (χ1n) is 10.5. The van der Waals surface area contributed by atoms with Crippen LogP contribution in [0.3, 0.4) is 0 Å². The van der Waals surface area contributed by atoms with E-state index in [0.717, 1.165) is 30.9 Å². The number of hydrogen-bond acceptors (Lipinski definition) is 5. The van der Waals surface area contributed by atoms with Crippen molar-refractivity contribution in [1.82, 2.24) is 16.0 Å². The standard InChI is InChI=1S/C22H36N4O4.HI/c1-23-21(25-15-20(27)24-12-13-28-2)26-16-22(10-6-5-7-11-22)17-8-9-18(29-3)19(14-17)30-4;/h8-9,14H,5-7,10-13,15-16H2,1-4H3,(H,24,27)(H2,23,25,26);1H. The van der Waals surface area contributed by atoms with Gasteiger partial charge in [-0.25, -0.2) is 0 Å². The Morgan fingerprint density at radius 2 is 1.74 bits per heavy atom. The topological polar surface area (TPSA) is 93.2 Å². The molecule has 1 aliphatic carbocycles. The van der Waals surface area contributed by atoms with Crippen LogP contribution in [0.1, 0.15) is 37.7 Å². The first-order chi connectivity index (χ1) is 14.6. The Hall–Kier alpha value is -1.75. The highest BCUT2D eigenvalue weighted by Gasteiger charge is 2.34. The molecule has 0 aromatic heterocycles. The minimum Gasteiger partial charge on any atom is -0.493 e. The van der Waals surface area contributed by atoms with Gasteiger partial charge in [0.05, 0.1) is 27.4 Å². The lowest BCUT2D eigenvalue weighted by molar-refractivity contribution is -0.120. The van der Waals surface area contributed by atoms with Gasteiger partial charge in [-0.1, -0.05) is 25.3 Å². The second-order valence-corrected chi connectivity index (χ2v) is 7.53. The van der Waals surface area contributed by atoms with Gasteiger partial charge in [0, 0.05) is 32.7 Å². The summed E-state index contributed by atoms with van der Waals surface area (Å²) >= 11 is 0. The molecular formula is C22H37IN4O4. The van der Waals surface area contributed by atoms with Crippen molar-refractivity contribution in [2.45, 2.75) is 37.5 Å². The lowest BCUT2D eigenvalue weighted by Gasteiger charge is -2.38. The van der Waals surface area contributed by atoms with E-state index in [-0.39, 0.29) is 41.8 Å². The molecular weight excluding hydrogens is 511 g/mol. The quantitative estimate of drug-likeness (QED) is 0.180. The summed E-state index contributed by atoms with van der Waals surface area (Å²) in [7, 11) is 6.63. The van der Waals surface area contributed by atoms with Crippen LogP contribution < -0.4 is 25.4 Å². The average Bonchev–Trinajstić information content (AvgIpc) is 2.79. The number of carbonyl (C=O) groups is 1. The zero-order valence-corrected chi connectivity index (χ0v) is 21.4. The summed E-state index contributed by atoms with van der Waals surface area (Å²) in [4.78, 5) is 16.2. The van der Waals surface area contributed by atoms with Crippen LogP contribution in [0.25, 0.3) is 0 Å². The zero-order valence-electron chi connectivity index (χ0n) is 19.1. The third-order valence-electron chi connectivity index (χ3n) is 5.67. The number of guanidine groups is 1. The van der Waals surface area contributed by atoms with Crippen LogP contribution in [0.2, 0.25) is 0 Å². The lowest BCUT2D eigenvalue weighted by atomic mass is 9.69. The Kier molecular flexibility index (Phi) is 12.6. The van der Waals surface area contributed by atoms with Gasteiger partial charge < -0.3 is 30.2 Å². The van der Waals surface area contributed by atoms with Crippen LogP contribution in [-0.2, 0) is 14.9 Å². The van der Waals surface area contributed by atoms with Crippen LogP contribution in [0.5, 0.6) is 11.5 Å². The monoisotopic (exact) mass is 548 g/mol. The highest BCUT2D eigenvalue weighted by Crippen LogP contribution is 2.42. The first-order valence-corrected chi connectivity index (χ1v) is 10.5. The number of aliphatic imine (C=N–C) groups is 1. The van der Waals surface area contributed by atoms with Crippen molar-refractivity contribution in [2.75, 3.05) is 54.6 Å². The molecule has 1 aliphatic rings. The molecule has 176 valence electrons. The van der Waals surface area contributed by atoms with Crippen molar-refractivity contribution in [1.29, 1.82) is 0 Å². The fourth-order valence-electron chi connectivity index (χ4n) is 3.95. The van der Waals surface area contributed by atoms with Crippen LogP contribution in [0.4, 0.5) is 0 Å². The molecule has 0 radical (unpaired) electrons. The Morgan fingerprint density at radius 3 is 2.35 bits per heavy atom. The van der Waals surface area contributed by atoms with E-state index in [1.807, 2.05) is 6.07 Å². The third kappa shape index (κ3) is 8.03. The van der Waals surface area contributed by atoms with E-state index in [1.165, 1.54) is 24.8 Å². The molecule has 0 saturated heterocycles. The predicted molar refractivity (Wildman–Crippen MR) is 134 cm³/mol. The van der Waals surface area contributed by atoms with Crippen molar-refractivity contribution >= 4 is 35.8 Å². The molecule has 1 aromatic carbocycles. The molecule has 0 spiro atoms. The largest absolute Gasteiger partial charge is 0.493 e. The fraction of sp³-hybridized carbons (Fsp3) is 0.636. The molecule has 31 heavy (non-hydrogen) atoms. The van der Waals surface area contributed by atoms with Gasteiger partial charge in [0.1, 0.15) is 0 Å². The van der Waals surface area contributed by atoms with E-state index in [4.69, 9.17) is 14.2 Å². The Morgan fingerprint density at radius 1 is 1.03 bits per heavy atom. The molecule has 0 atom stereocenters. The number of methoxy groups -OCH3 is 3. The van der Waals surface area contributed by atoms with E-state index in [2.05, 4.69) is 33.1 Å². The Labute approximate surface area is 202 Å². The number of rotatable bonds is 10. The Bertz CT molecular complexity index is 709. The summed E-state index contributed by atoms with van der Waals surface area (Å²) < 4.78 is 15.9. The SMILES string of the molecule is CN=C(NCC(=O)NCCOC)NCC1(c2ccc(OC)c(OC)c2)CCCCC1.I. The highest BCUT2D eigenvalue weighted by atomic mass is 127. The summed E-state index contributed by atoms with van der Waals surface area (Å²) in [5.41, 5.74) is 1.22. The summed E-state index contributed by atoms with van der Waals surface area (Å²) in [5.74, 6) is 2.00. The maximum Gasteiger partial charge on any atom is 0.239 e. The summed E-state index contributed by atoms with van der Waals surface area (Å²) in [5, 5.41) is 9.31. The normalized spacial score (nSPS) is 15.4. The van der Waals surface area contributed by atoms with Crippen LogP contribution >= 0.6 is 24.0 Å². The minimum atomic E-state index is -0.0951. The Balaban J connectivity index is 0.00000480. The van der Waals surface area contributed by atoms with Gasteiger partial charge in [0.2, 0.25) is 5.91 Å².